The molecule has 0 spiro atoms. The molecule has 1 heterocycles. The molecule has 5 heteroatoms. The third-order valence-electron chi connectivity index (χ3n) is 4.59. The largest absolute Gasteiger partial charge is 0.343 e. The van der Waals surface area contributed by atoms with Gasteiger partial charge in [-0.2, -0.15) is 0 Å². The van der Waals surface area contributed by atoms with Gasteiger partial charge in [-0.15, -0.1) is 0 Å². The fourth-order valence-electron chi connectivity index (χ4n) is 3.30. The standard InChI is InChI=1S/C16H29N3O2/c1-2-6-15(20)19-11-9-14(10-12-19)18-16(21)17-13-7-4-3-5-8-13/h13-14H,2-12H2,1H3,(H2,17,18,21). The maximum Gasteiger partial charge on any atom is 0.315 e. The molecule has 0 radical (unpaired) electrons. The lowest BCUT2D eigenvalue weighted by molar-refractivity contribution is -0.132. The third kappa shape index (κ3) is 5.21. The van der Waals surface area contributed by atoms with Crippen LogP contribution in [0.4, 0.5) is 4.79 Å². The van der Waals surface area contributed by atoms with Crippen molar-refractivity contribution in [2.45, 2.75) is 76.8 Å². The molecule has 1 saturated heterocycles. The van der Waals surface area contributed by atoms with Crippen LogP contribution in [0, 0.1) is 0 Å². The molecule has 21 heavy (non-hydrogen) atoms. The van der Waals surface area contributed by atoms with E-state index in [4.69, 9.17) is 0 Å². The predicted octanol–water partition coefficient (Wildman–Crippen LogP) is 2.41. The topological polar surface area (TPSA) is 61.4 Å². The number of carbonyl (C=O) groups excluding carboxylic acids is 2. The van der Waals surface area contributed by atoms with Crippen LogP contribution < -0.4 is 10.6 Å². The fraction of sp³-hybridized carbons (Fsp3) is 0.875. The molecule has 3 amide bonds. The first kappa shape index (κ1) is 16.1. The van der Waals surface area contributed by atoms with Crippen LogP contribution in [-0.2, 0) is 4.79 Å². The molecule has 1 aliphatic carbocycles. The van der Waals surface area contributed by atoms with Gasteiger partial charge in [-0.1, -0.05) is 26.2 Å². The summed E-state index contributed by atoms with van der Waals surface area (Å²) in [6.45, 7) is 3.57. The van der Waals surface area contributed by atoms with Crippen molar-refractivity contribution in [3.05, 3.63) is 0 Å². The molecule has 1 saturated carbocycles. The lowest BCUT2D eigenvalue weighted by Crippen LogP contribution is -2.51. The summed E-state index contributed by atoms with van der Waals surface area (Å²) in [5.74, 6) is 0.252. The molecule has 5 nitrogen and oxygen atoms in total. The van der Waals surface area contributed by atoms with Crippen LogP contribution in [0.2, 0.25) is 0 Å². The van der Waals surface area contributed by atoms with Gasteiger partial charge in [0.25, 0.3) is 0 Å². The van der Waals surface area contributed by atoms with Crippen molar-refractivity contribution in [1.29, 1.82) is 0 Å². The van der Waals surface area contributed by atoms with Crippen LogP contribution in [0.5, 0.6) is 0 Å². The van der Waals surface area contributed by atoms with Crippen molar-refractivity contribution in [2.75, 3.05) is 13.1 Å². The average molecular weight is 295 g/mol. The summed E-state index contributed by atoms with van der Waals surface area (Å²) in [6.07, 6.45) is 9.24. The van der Waals surface area contributed by atoms with Gasteiger partial charge in [0.05, 0.1) is 0 Å². The summed E-state index contributed by atoms with van der Waals surface area (Å²) in [5, 5.41) is 6.16. The zero-order chi connectivity index (χ0) is 15.1. The molecule has 0 atom stereocenters. The first-order valence-corrected chi connectivity index (χ1v) is 8.54. The van der Waals surface area contributed by atoms with E-state index < -0.39 is 0 Å². The van der Waals surface area contributed by atoms with Gasteiger partial charge in [-0.25, -0.2) is 4.79 Å². The number of carbonyl (C=O) groups is 2. The number of hydrogen-bond acceptors (Lipinski definition) is 2. The summed E-state index contributed by atoms with van der Waals surface area (Å²) in [6, 6.07) is 0.532. The molecule has 0 unspecified atom stereocenters. The number of hydrogen-bond donors (Lipinski definition) is 2. The molecular formula is C16H29N3O2. The molecule has 2 aliphatic rings. The van der Waals surface area contributed by atoms with Crippen LogP contribution >= 0.6 is 0 Å². The van der Waals surface area contributed by atoms with Crippen LogP contribution in [0.1, 0.15) is 64.7 Å². The quantitative estimate of drug-likeness (QED) is 0.836. The highest BCUT2D eigenvalue weighted by molar-refractivity contribution is 5.76. The Morgan fingerprint density at radius 3 is 2.10 bits per heavy atom. The molecule has 0 aromatic rings. The minimum absolute atomic E-state index is 0.0276. The van der Waals surface area contributed by atoms with Gasteiger partial charge in [0.15, 0.2) is 0 Å². The summed E-state index contributed by atoms with van der Waals surface area (Å²) in [7, 11) is 0. The van der Waals surface area contributed by atoms with Gasteiger partial charge >= 0.3 is 6.03 Å². The predicted molar refractivity (Wildman–Crippen MR) is 83.1 cm³/mol. The van der Waals surface area contributed by atoms with E-state index in [1.165, 1.54) is 19.3 Å². The summed E-state index contributed by atoms with van der Waals surface area (Å²) >= 11 is 0. The van der Waals surface area contributed by atoms with Gasteiger partial charge in [-0.3, -0.25) is 4.79 Å². The van der Waals surface area contributed by atoms with E-state index in [9.17, 15) is 9.59 Å². The Morgan fingerprint density at radius 1 is 0.952 bits per heavy atom. The Morgan fingerprint density at radius 2 is 1.52 bits per heavy atom. The second kappa shape index (κ2) is 8.25. The maximum absolute atomic E-state index is 12.0. The number of nitrogens with zero attached hydrogens (tertiary/aromatic N) is 1. The molecule has 1 aliphatic heterocycles. The SMILES string of the molecule is CCCC(=O)N1CCC(NC(=O)NC2CCCCC2)CC1. The van der Waals surface area contributed by atoms with Gasteiger partial charge in [0, 0.05) is 31.6 Å². The molecule has 0 aromatic heterocycles. The molecule has 0 bridgehead atoms. The van der Waals surface area contributed by atoms with E-state index in [1.54, 1.807) is 0 Å². The van der Waals surface area contributed by atoms with Crippen LogP contribution in [0.3, 0.4) is 0 Å². The second-order valence-corrected chi connectivity index (χ2v) is 6.36. The number of nitrogens with one attached hydrogen (secondary N) is 2. The molecule has 2 N–H and O–H groups in total. The number of amides is 3. The average Bonchev–Trinajstić information content (AvgIpc) is 2.49. The van der Waals surface area contributed by atoms with Crippen molar-refractivity contribution >= 4 is 11.9 Å². The Bertz CT molecular complexity index is 345. The third-order valence-corrected chi connectivity index (χ3v) is 4.59. The van der Waals surface area contributed by atoms with Gasteiger partial charge < -0.3 is 15.5 Å². The molecular weight excluding hydrogens is 266 g/mol. The van der Waals surface area contributed by atoms with Crippen molar-refractivity contribution in [3.63, 3.8) is 0 Å². The van der Waals surface area contributed by atoms with Crippen LogP contribution in [0.25, 0.3) is 0 Å². The zero-order valence-corrected chi connectivity index (χ0v) is 13.2. The van der Waals surface area contributed by atoms with Crippen molar-refractivity contribution in [2.24, 2.45) is 0 Å². The summed E-state index contributed by atoms with van der Waals surface area (Å²) in [4.78, 5) is 25.7. The first-order chi connectivity index (χ1) is 10.2. The molecule has 2 fully saturated rings. The zero-order valence-electron chi connectivity index (χ0n) is 13.2. The number of likely N-dealkylation sites (tertiary alicyclic amines) is 1. The minimum atomic E-state index is -0.0276. The van der Waals surface area contributed by atoms with Crippen molar-refractivity contribution in [3.8, 4) is 0 Å². The normalized spacial score (nSPS) is 21.1. The van der Waals surface area contributed by atoms with Gasteiger partial charge in [0.2, 0.25) is 5.91 Å². The Hall–Kier alpha value is -1.26. The van der Waals surface area contributed by atoms with Crippen molar-refractivity contribution in [1.82, 2.24) is 15.5 Å². The first-order valence-electron chi connectivity index (χ1n) is 8.54. The highest BCUT2D eigenvalue weighted by atomic mass is 16.2. The van der Waals surface area contributed by atoms with E-state index in [0.717, 1.165) is 45.2 Å². The van der Waals surface area contributed by atoms with Crippen LogP contribution in [0.15, 0.2) is 0 Å². The summed E-state index contributed by atoms with van der Waals surface area (Å²) in [5.41, 5.74) is 0. The van der Waals surface area contributed by atoms with Gasteiger partial charge in [0.1, 0.15) is 0 Å². The second-order valence-electron chi connectivity index (χ2n) is 6.36. The van der Waals surface area contributed by atoms with Crippen molar-refractivity contribution < 1.29 is 9.59 Å². The van der Waals surface area contributed by atoms with E-state index >= 15 is 0 Å². The smallest absolute Gasteiger partial charge is 0.315 e. The molecule has 0 aromatic carbocycles. The lowest BCUT2D eigenvalue weighted by Gasteiger charge is -2.33. The van der Waals surface area contributed by atoms with E-state index in [1.807, 2.05) is 11.8 Å². The minimum Gasteiger partial charge on any atom is -0.343 e. The van der Waals surface area contributed by atoms with Crippen LogP contribution in [-0.4, -0.2) is 42.0 Å². The Balaban J connectivity index is 1.65. The van der Waals surface area contributed by atoms with Gasteiger partial charge in [-0.05, 0) is 32.1 Å². The van der Waals surface area contributed by atoms with E-state index in [2.05, 4.69) is 10.6 Å². The number of rotatable bonds is 4. The number of urea groups is 1. The maximum atomic E-state index is 12.0. The Labute approximate surface area is 127 Å². The lowest BCUT2D eigenvalue weighted by atomic mass is 9.96. The summed E-state index contributed by atoms with van der Waals surface area (Å²) < 4.78 is 0. The molecule has 2 rings (SSSR count). The monoisotopic (exact) mass is 295 g/mol. The fourth-order valence-corrected chi connectivity index (χ4v) is 3.30. The van der Waals surface area contributed by atoms with E-state index in [-0.39, 0.29) is 18.0 Å². The highest BCUT2D eigenvalue weighted by Crippen LogP contribution is 2.17. The Kier molecular flexibility index (Phi) is 6.33. The number of piperidine rings is 1. The highest BCUT2D eigenvalue weighted by Gasteiger charge is 2.24. The van der Waals surface area contributed by atoms with E-state index in [0.29, 0.717) is 12.5 Å². The molecule has 120 valence electrons.